The number of phenolic OH excluding ortho intramolecular Hbond substituents is 1. The van der Waals surface area contributed by atoms with Gasteiger partial charge < -0.3 is 68.3 Å². The first-order valence-electron chi connectivity index (χ1n) is 21.8. The standard InChI is InChI=1S/C45H62N10O11/c1-2-37(57)47-25-26-50-43(61)55-42(46)49-24-11-17-35(40(59)52-29-30-18-20-33(56)21-19-30)53-41(60)38(31-12-4-3-5-13-31)32-14-10-15-34(28-32)66-27-9-8-22-48-39(58)36(54-45(64)65)16-6-7-23-51-44(62)63/h3-5,10,12-15,18-21,28,35-36,38,51,54,56H,2,6-9,11,16-17,22-27,29H2,1H3,(H,47,57)(H,48,58)(H,52,59)(H,53,60)(H,62,63)(H,64,65)(H4,46,49,50,55,61)/t35-,36+,38?/m1/s1. The second-order valence-corrected chi connectivity index (χ2v) is 14.9. The Kier molecular flexibility index (Phi) is 23.8. The molecule has 3 rings (SSSR count). The molecule has 0 aliphatic rings. The largest absolute Gasteiger partial charge is 0.508 e. The van der Waals surface area contributed by atoms with E-state index in [4.69, 9.17) is 15.6 Å². The van der Waals surface area contributed by atoms with Crippen LogP contribution in [0.3, 0.4) is 0 Å². The summed E-state index contributed by atoms with van der Waals surface area (Å²) in [5.74, 6) is -1.99. The Labute approximate surface area is 383 Å². The number of hydrogen-bond donors (Lipinski definition) is 12. The van der Waals surface area contributed by atoms with Crippen LogP contribution in [0.25, 0.3) is 0 Å². The van der Waals surface area contributed by atoms with Crippen LogP contribution >= 0.6 is 0 Å². The minimum absolute atomic E-state index is 0.0764. The molecule has 8 amide bonds. The van der Waals surface area contributed by atoms with Crippen LogP contribution in [-0.4, -0.2) is 115 Å². The minimum Gasteiger partial charge on any atom is -0.508 e. The van der Waals surface area contributed by atoms with Gasteiger partial charge in [0.1, 0.15) is 23.6 Å². The molecule has 0 aliphatic carbocycles. The lowest BCUT2D eigenvalue weighted by molar-refractivity contribution is -0.129. The Bertz CT molecular complexity index is 2050. The molecule has 0 radical (unpaired) electrons. The van der Waals surface area contributed by atoms with Gasteiger partial charge in [-0.25, -0.2) is 14.4 Å². The molecule has 1 unspecified atom stereocenters. The number of phenols is 1. The van der Waals surface area contributed by atoms with E-state index in [1.54, 1.807) is 55.5 Å². The number of guanidine groups is 1. The van der Waals surface area contributed by atoms with Crippen molar-refractivity contribution in [1.29, 1.82) is 0 Å². The molecule has 0 bridgehead atoms. The number of nitrogens with zero attached hydrogens (tertiary/aromatic N) is 1. The van der Waals surface area contributed by atoms with E-state index in [2.05, 4.69) is 47.5 Å². The molecule has 3 aromatic rings. The summed E-state index contributed by atoms with van der Waals surface area (Å²) in [6.45, 7) is 3.16. The zero-order valence-corrected chi connectivity index (χ0v) is 37.0. The number of benzene rings is 3. The van der Waals surface area contributed by atoms with Crippen molar-refractivity contribution in [2.24, 2.45) is 10.7 Å². The Morgan fingerprint density at radius 3 is 1.97 bits per heavy atom. The second-order valence-electron chi connectivity index (χ2n) is 14.9. The Morgan fingerprint density at radius 1 is 0.621 bits per heavy atom. The van der Waals surface area contributed by atoms with Gasteiger partial charge in [-0.15, -0.1) is 0 Å². The fourth-order valence-electron chi connectivity index (χ4n) is 6.42. The summed E-state index contributed by atoms with van der Waals surface area (Å²) < 4.78 is 6.03. The molecular weight excluding hydrogens is 857 g/mol. The number of carboxylic acid groups (broad SMARTS) is 2. The summed E-state index contributed by atoms with van der Waals surface area (Å²) in [6, 6.07) is 19.7. The van der Waals surface area contributed by atoms with Crippen molar-refractivity contribution < 1.29 is 53.6 Å². The summed E-state index contributed by atoms with van der Waals surface area (Å²) >= 11 is 0. The van der Waals surface area contributed by atoms with Gasteiger partial charge in [-0.2, -0.15) is 4.99 Å². The van der Waals surface area contributed by atoms with E-state index in [1.807, 2.05) is 18.2 Å². The number of ether oxygens (including phenoxy) is 1. The van der Waals surface area contributed by atoms with Gasteiger partial charge in [-0.05, 0) is 85.9 Å². The molecule has 66 heavy (non-hydrogen) atoms. The van der Waals surface area contributed by atoms with Crippen molar-refractivity contribution in [3.63, 3.8) is 0 Å². The molecule has 0 spiro atoms. The second kappa shape index (κ2) is 29.7. The molecule has 0 saturated heterocycles. The number of aromatic hydroxyl groups is 1. The molecule has 0 aliphatic heterocycles. The van der Waals surface area contributed by atoms with Gasteiger partial charge in [0.05, 0.1) is 12.5 Å². The van der Waals surface area contributed by atoms with E-state index < -0.39 is 53.9 Å². The molecule has 358 valence electrons. The number of unbranched alkanes of at least 4 members (excludes halogenated alkanes) is 2. The van der Waals surface area contributed by atoms with Gasteiger partial charge in [-0.3, -0.25) is 19.2 Å². The minimum atomic E-state index is -1.34. The normalized spacial score (nSPS) is 12.3. The number of carbonyl (C=O) groups is 7. The first-order valence-corrected chi connectivity index (χ1v) is 21.8. The van der Waals surface area contributed by atoms with E-state index >= 15 is 0 Å². The van der Waals surface area contributed by atoms with Crippen molar-refractivity contribution in [3.05, 3.63) is 95.6 Å². The number of urea groups is 1. The third-order valence-corrected chi connectivity index (χ3v) is 9.81. The summed E-state index contributed by atoms with van der Waals surface area (Å²) in [5.41, 5.74) is 7.89. The average Bonchev–Trinajstić information content (AvgIpc) is 3.29. The SMILES string of the molecule is CCC(=O)NCCNC(=O)/N=C(/N)NCCC[C@@H](NC(=O)C(c1ccccc1)c1cccc(OCCCCNC(=O)[C@H](CCCCNC(=O)O)NC(=O)O)c1)C(=O)NCc1ccc(O)cc1. The van der Waals surface area contributed by atoms with Crippen molar-refractivity contribution in [3.8, 4) is 11.5 Å². The lowest BCUT2D eigenvalue weighted by atomic mass is 9.90. The number of nitrogens with two attached hydrogens (primary N) is 1. The average molecular weight is 919 g/mol. The monoisotopic (exact) mass is 918 g/mol. The lowest BCUT2D eigenvalue weighted by Gasteiger charge is -2.24. The number of aliphatic imine (C=N–C) groups is 1. The van der Waals surface area contributed by atoms with E-state index in [9.17, 15) is 43.8 Å². The molecule has 0 fully saturated rings. The zero-order valence-electron chi connectivity index (χ0n) is 37.0. The lowest BCUT2D eigenvalue weighted by Crippen LogP contribution is -2.48. The maximum atomic E-state index is 14.3. The first-order chi connectivity index (χ1) is 31.7. The summed E-state index contributed by atoms with van der Waals surface area (Å²) in [7, 11) is 0. The van der Waals surface area contributed by atoms with Gasteiger partial charge in [0.2, 0.25) is 23.6 Å². The van der Waals surface area contributed by atoms with Gasteiger partial charge in [0.25, 0.3) is 0 Å². The van der Waals surface area contributed by atoms with Gasteiger partial charge >= 0.3 is 18.2 Å². The molecule has 21 nitrogen and oxygen atoms in total. The number of nitrogens with one attached hydrogen (secondary N) is 8. The molecule has 0 saturated carbocycles. The van der Waals surface area contributed by atoms with Crippen molar-refractivity contribution >= 4 is 47.8 Å². The summed E-state index contributed by atoms with van der Waals surface area (Å²) in [4.78, 5) is 89.9. The highest BCUT2D eigenvalue weighted by Gasteiger charge is 2.28. The van der Waals surface area contributed by atoms with Crippen molar-refractivity contribution in [2.45, 2.75) is 82.8 Å². The van der Waals surface area contributed by atoms with Crippen LogP contribution in [-0.2, 0) is 25.7 Å². The number of amides is 8. The molecular formula is C45H62N10O11. The highest BCUT2D eigenvalue weighted by molar-refractivity contribution is 5.93. The fourth-order valence-corrected chi connectivity index (χ4v) is 6.42. The van der Waals surface area contributed by atoms with Crippen LogP contribution in [0.1, 0.15) is 80.9 Å². The van der Waals surface area contributed by atoms with Crippen LogP contribution in [0.5, 0.6) is 11.5 Å². The molecule has 13 N–H and O–H groups in total. The zero-order chi connectivity index (χ0) is 48.1. The molecule has 0 heterocycles. The highest BCUT2D eigenvalue weighted by atomic mass is 16.5. The predicted molar refractivity (Wildman–Crippen MR) is 245 cm³/mol. The van der Waals surface area contributed by atoms with Gasteiger partial charge in [0, 0.05) is 45.7 Å². The van der Waals surface area contributed by atoms with Crippen molar-refractivity contribution in [1.82, 2.24) is 42.5 Å². The van der Waals surface area contributed by atoms with Gasteiger partial charge in [-0.1, -0.05) is 61.5 Å². The predicted octanol–water partition coefficient (Wildman–Crippen LogP) is 2.59. The molecule has 3 aromatic carbocycles. The van der Waals surface area contributed by atoms with Crippen LogP contribution in [0.2, 0.25) is 0 Å². The quantitative estimate of drug-likeness (QED) is 0.0284. The molecule has 0 aromatic heterocycles. The summed E-state index contributed by atoms with van der Waals surface area (Å²) in [6.07, 6.45) is 0.435. The van der Waals surface area contributed by atoms with E-state index in [-0.39, 0.29) is 76.3 Å². The van der Waals surface area contributed by atoms with Crippen molar-refractivity contribution in [2.75, 3.05) is 39.3 Å². The maximum absolute atomic E-state index is 14.3. The van der Waals surface area contributed by atoms with Crippen LogP contribution in [0.15, 0.2) is 83.9 Å². The maximum Gasteiger partial charge on any atom is 0.405 e. The van der Waals surface area contributed by atoms with Crippen LogP contribution < -0.4 is 53.0 Å². The van der Waals surface area contributed by atoms with E-state index in [1.165, 1.54) is 12.1 Å². The smallest absolute Gasteiger partial charge is 0.405 e. The third kappa shape index (κ3) is 21.2. The molecule has 3 atom stereocenters. The Balaban J connectivity index is 1.63. The topological polar surface area (TPSA) is 324 Å². The number of carbonyl (C=O) groups excluding carboxylic acids is 5. The summed E-state index contributed by atoms with van der Waals surface area (Å²) in [5, 5.41) is 48.5. The fraction of sp³-hybridized carbons (Fsp3) is 0.422. The van der Waals surface area contributed by atoms with Crippen LogP contribution in [0.4, 0.5) is 14.4 Å². The third-order valence-electron chi connectivity index (χ3n) is 9.81. The van der Waals surface area contributed by atoms with E-state index in [0.29, 0.717) is 55.4 Å². The van der Waals surface area contributed by atoms with Gasteiger partial charge in [0.15, 0.2) is 5.96 Å². The van der Waals surface area contributed by atoms with Crippen LogP contribution in [0, 0.1) is 0 Å². The van der Waals surface area contributed by atoms with E-state index in [0.717, 1.165) is 5.56 Å². The highest BCUT2D eigenvalue weighted by Crippen LogP contribution is 2.28. The number of hydrogen-bond acceptors (Lipinski definition) is 9. The Morgan fingerprint density at radius 2 is 1.26 bits per heavy atom. The number of rotatable bonds is 28. The Hall–Kier alpha value is -7.58. The first kappa shape index (κ1) is 52.8. The molecule has 21 heteroatoms.